The van der Waals surface area contributed by atoms with Gasteiger partial charge in [-0.05, 0) is 55.2 Å². The fraction of sp³-hybridized carbons (Fsp3) is 0.652. The molecule has 28 heavy (non-hydrogen) atoms. The molecule has 1 fully saturated rings. The lowest BCUT2D eigenvalue weighted by Gasteiger charge is -2.21. The maximum atomic E-state index is 12.1. The van der Waals surface area contributed by atoms with Crippen LogP contribution in [0.15, 0.2) is 24.3 Å². The lowest BCUT2D eigenvalue weighted by Crippen LogP contribution is -2.34. The standard InChI is InChI=1S/C23H36N2O2S/c1-2-3-4-5-9-18-27-21-15-13-20(14-16-21)24-23(28)25-22(26)17-12-19-10-7-6-8-11-19/h13-16,19H,2-12,17-18H2,1H3,(H2,24,25,26,28). The highest BCUT2D eigenvalue weighted by molar-refractivity contribution is 7.80. The molecule has 1 amide bonds. The van der Waals surface area contributed by atoms with Crippen LogP contribution in [0.25, 0.3) is 0 Å². The molecule has 0 radical (unpaired) electrons. The molecule has 0 aromatic heterocycles. The summed E-state index contributed by atoms with van der Waals surface area (Å²) in [5.74, 6) is 1.58. The fourth-order valence-corrected chi connectivity index (χ4v) is 3.92. The molecule has 1 aromatic rings. The van der Waals surface area contributed by atoms with Crippen LogP contribution in [-0.4, -0.2) is 17.6 Å². The minimum absolute atomic E-state index is 0.00565. The Bertz CT molecular complexity index is 583. The Morgan fingerprint density at radius 2 is 1.79 bits per heavy atom. The van der Waals surface area contributed by atoms with Crippen molar-refractivity contribution in [2.24, 2.45) is 5.92 Å². The van der Waals surface area contributed by atoms with Crippen LogP contribution >= 0.6 is 12.2 Å². The zero-order chi connectivity index (χ0) is 20.0. The molecule has 0 saturated heterocycles. The summed E-state index contributed by atoms with van der Waals surface area (Å²) in [5.41, 5.74) is 0.855. The third-order valence-electron chi connectivity index (χ3n) is 5.39. The molecule has 1 aliphatic rings. The number of amides is 1. The van der Waals surface area contributed by atoms with Gasteiger partial charge in [-0.25, -0.2) is 0 Å². The van der Waals surface area contributed by atoms with Crippen LogP contribution in [0.5, 0.6) is 5.75 Å². The lowest BCUT2D eigenvalue weighted by atomic mass is 9.86. The predicted molar refractivity (Wildman–Crippen MR) is 121 cm³/mol. The molecule has 1 aliphatic carbocycles. The van der Waals surface area contributed by atoms with E-state index in [9.17, 15) is 4.79 Å². The maximum Gasteiger partial charge on any atom is 0.226 e. The molecular formula is C23H36N2O2S. The molecule has 0 unspecified atom stereocenters. The third kappa shape index (κ3) is 9.54. The Labute approximate surface area is 175 Å². The first-order chi connectivity index (χ1) is 13.7. The van der Waals surface area contributed by atoms with Gasteiger partial charge in [0, 0.05) is 12.1 Å². The van der Waals surface area contributed by atoms with Gasteiger partial charge >= 0.3 is 0 Å². The van der Waals surface area contributed by atoms with Crippen LogP contribution < -0.4 is 15.4 Å². The number of rotatable bonds is 11. The van der Waals surface area contributed by atoms with E-state index in [1.54, 1.807) is 0 Å². The van der Waals surface area contributed by atoms with E-state index in [2.05, 4.69) is 17.6 Å². The summed E-state index contributed by atoms with van der Waals surface area (Å²) < 4.78 is 5.77. The highest BCUT2D eigenvalue weighted by Gasteiger charge is 2.15. The molecular weight excluding hydrogens is 368 g/mol. The highest BCUT2D eigenvalue weighted by atomic mass is 32.1. The number of ether oxygens (including phenoxy) is 1. The van der Waals surface area contributed by atoms with Crippen LogP contribution in [0, 0.1) is 5.92 Å². The number of nitrogens with one attached hydrogen (secondary N) is 2. The number of hydrogen-bond acceptors (Lipinski definition) is 3. The van der Waals surface area contributed by atoms with Crippen LogP contribution in [-0.2, 0) is 4.79 Å². The minimum Gasteiger partial charge on any atom is -0.494 e. The Kier molecular flexibility index (Phi) is 11.0. The van der Waals surface area contributed by atoms with Crippen molar-refractivity contribution in [1.29, 1.82) is 0 Å². The van der Waals surface area contributed by atoms with Crippen LogP contribution in [0.4, 0.5) is 5.69 Å². The first kappa shape index (κ1) is 22.7. The van der Waals surface area contributed by atoms with E-state index in [0.717, 1.165) is 30.9 Å². The Balaban J connectivity index is 1.61. The van der Waals surface area contributed by atoms with Crippen molar-refractivity contribution in [3.63, 3.8) is 0 Å². The number of unbranched alkanes of at least 4 members (excludes halogenated alkanes) is 4. The number of anilines is 1. The van der Waals surface area contributed by atoms with E-state index >= 15 is 0 Å². The summed E-state index contributed by atoms with van der Waals surface area (Å²) in [4.78, 5) is 12.1. The number of benzene rings is 1. The Morgan fingerprint density at radius 3 is 2.50 bits per heavy atom. The quantitative estimate of drug-likeness (QED) is 0.340. The average Bonchev–Trinajstić information content (AvgIpc) is 2.71. The molecule has 1 saturated carbocycles. The second kappa shape index (κ2) is 13.5. The second-order valence-corrected chi connectivity index (χ2v) is 8.24. The molecule has 0 spiro atoms. The van der Waals surface area contributed by atoms with E-state index in [1.165, 1.54) is 57.8 Å². The van der Waals surface area contributed by atoms with E-state index in [1.807, 2.05) is 24.3 Å². The van der Waals surface area contributed by atoms with Gasteiger partial charge in [0.05, 0.1) is 6.61 Å². The highest BCUT2D eigenvalue weighted by Crippen LogP contribution is 2.27. The molecule has 1 aromatic carbocycles. The normalized spacial score (nSPS) is 14.5. The van der Waals surface area contributed by atoms with E-state index in [4.69, 9.17) is 17.0 Å². The van der Waals surface area contributed by atoms with Crippen LogP contribution in [0.2, 0.25) is 0 Å². The number of carbonyl (C=O) groups excluding carboxylic acids is 1. The van der Waals surface area contributed by atoms with Crippen LogP contribution in [0.3, 0.4) is 0 Å². The van der Waals surface area contributed by atoms with Crippen LogP contribution in [0.1, 0.15) is 84.0 Å². The molecule has 0 heterocycles. The van der Waals surface area contributed by atoms with E-state index in [-0.39, 0.29) is 5.91 Å². The molecule has 156 valence electrons. The van der Waals surface area contributed by atoms with E-state index in [0.29, 0.717) is 17.5 Å². The first-order valence-electron chi connectivity index (χ1n) is 11.0. The smallest absolute Gasteiger partial charge is 0.226 e. The SMILES string of the molecule is CCCCCCCOc1ccc(NC(=S)NC(=O)CCC2CCCCC2)cc1. The fourth-order valence-electron chi connectivity index (χ4n) is 3.69. The summed E-state index contributed by atoms with van der Waals surface area (Å²) in [6.45, 7) is 2.98. The monoisotopic (exact) mass is 404 g/mol. The third-order valence-corrected chi connectivity index (χ3v) is 5.59. The van der Waals surface area contributed by atoms with Crippen molar-refractivity contribution in [3.05, 3.63) is 24.3 Å². The molecule has 2 rings (SSSR count). The molecule has 0 aliphatic heterocycles. The van der Waals surface area contributed by atoms with Gasteiger partial charge in [-0.15, -0.1) is 0 Å². The maximum absolute atomic E-state index is 12.1. The predicted octanol–water partition coefficient (Wildman–Crippen LogP) is 6.21. The van der Waals surface area contributed by atoms with Gasteiger partial charge in [-0.1, -0.05) is 64.7 Å². The summed E-state index contributed by atoms with van der Waals surface area (Å²) in [6.07, 6.45) is 14.2. The van der Waals surface area contributed by atoms with Crippen molar-refractivity contribution in [2.45, 2.75) is 84.0 Å². The zero-order valence-corrected chi connectivity index (χ0v) is 18.1. The van der Waals surface area contributed by atoms with Gasteiger partial charge in [-0.3, -0.25) is 4.79 Å². The van der Waals surface area contributed by atoms with Crippen molar-refractivity contribution in [1.82, 2.24) is 5.32 Å². The summed E-state index contributed by atoms with van der Waals surface area (Å²) in [7, 11) is 0. The summed E-state index contributed by atoms with van der Waals surface area (Å²) >= 11 is 5.26. The summed E-state index contributed by atoms with van der Waals surface area (Å²) in [6, 6.07) is 7.71. The van der Waals surface area contributed by atoms with Gasteiger partial charge in [0.25, 0.3) is 0 Å². The van der Waals surface area contributed by atoms with Crippen molar-refractivity contribution < 1.29 is 9.53 Å². The summed E-state index contributed by atoms with van der Waals surface area (Å²) in [5, 5.41) is 6.22. The van der Waals surface area contributed by atoms with Gasteiger partial charge < -0.3 is 15.4 Å². The number of carbonyl (C=O) groups is 1. The zero-order valence-electron chi connectivity index (χ0n) is 17.3. The molecule has 0 bridgehead atoms. The average molecular weight is 405 g/mol. The first-order valence-corrected chi connectivity index (χ1v) is 11.4. The largest absolute Gasteiger partial charge is 0.494 e. The van der Waals surface area contributed by atoms with Crippen molar-refractivity contribution >= 4 is 28.9 Å². The van der Waals surface area contributed by atoms with Gasteiger partial charge in [0.1, 0.15) is 5.75 Å². The van der Waals surface area contributed by atoms with E-state index < -0.39 is 0 Å². The Hall–Kier alpha value is -1.62. The second-order valence-electron chi connectivity index (χ2n) is 7.83. The molecule has 4 nitrogen and oxygen atoms in total. The van der Waals surface area contributed by atoms with Crippen molar-refractivity contribution in [2.75, 3.05) is 11.9 Å². The minimum atomic E-state index is 0.00565. The van der Waals surface area contributed by atoms with Gasteiger partial charge in [0.15, 0.2) is 5.11 Å². The number of hydrogen-bond donors (Lipinski definition) is 2. The number of thiocarbonyl (C=S) groups is 1. The molecule has 5 heteroatoms. The topological polar surface area (TPSA) is 50.4 Å². The van der Waals surface area contributed by atoms with Crippen molar-refractivity contribution in [3.8, 4) is 5.75 Å². The lowest BCUT2D eigenvalue weighted by molar-refractivity contribution is -0.120. The molecule has 2 N–H and O–H groups in total. The van der Waals surface area contributed by atoms with Gasteiger partial charge in [0.2, 0.25) is 5.91 Å². The molecule has 0 atom stereocenters. The van der Waals surface area contributed by atoms with Gasteiger partial charge in [-0.2, -0.15) is 0 Å². The Morgan fingerprint density at radius 1 is 1.07 bits per heavy atom.